The summed E-state index contributed by atoms with van der Waals surface area (Å²) in [5.74, 6) is 0.893. The van der Waals surface area contributed by atoms with Crippen molar-refractivity contribution in [3.63, 3.8) is 0 Å². The minimum Gasteiger partial charge on any atom is -0.361 e. The molecule has 0 radical (unpaired) electrons. The molecule has 0 spiro atoms. The zero-order valence-electron chi connectivity index (χ0n) is 10.9. The highest BCUT2D eigenvalue weighted by Crippen LogP contribution is 2.26. The van der Waals surface area contributed by atoms with Crippen LogP contribution >= 0.6 is 15.9 Å². The zero-order chi connectivity index (χ0) is 13.2. The lowest BCUT2D eigenvalue weighted by Gasteiger charge is -2.27. The van der Waals surface area contributed by atoms with Crippen LogP contribution < -0.4 is 5.32 Å². The lowest BCUT2D eigenvalue weighted by molar-refractivity contribution is 0.606. The summed E-state index contributed by atoms with van der Waals surface area (Å²) in [6.45, 7) is 6.37. The summed E-state index contributed by atoms with van der Waals surface area (Å²) in [4.78, 5) is 4.39. The first-order valence-corrected chi connectivity index (χ1v) is 6.74. The predicted octanol–water partition coefficient (Wildman–Crippen LogP) is 4.50. The Balaban J connectivity index is 2.25. The Hall–Kier alpha value is -1.35. The number of nitrogens with zero attached hydrogens (tertiary/aromatic N) is 1. The highest BCUT2D eigenvalue weighted by atomic mass is 79.9. The van der Waals surface area contributed by atoms with Crippen molar-refractivity contribution in [1.82, 2.24) is 4.98 Å². The van der Waals surface area contributed by atoms with E-state index in [9.17, 15) is 0 Å². The normalized spacial score (nSPS) is 11.3. The van der Waals surface area contributed by atoms with Gasteiger partial charge >= 0.3 is 0 Å². The average molecular weight is 305 g/mol. The summed E-state index contributed by atoms with van der Waals surface area (Å²) in [7, 11) is 0. The van der Waals surface area contributed by atoms with Crippen molar-refractivity contribution >= 4 is 21.7 Å². The van der Waals surface area contributed by atoms with Crippen molar-refractivity contribution in [2.75, 3.05) is 5.32 Å². The number of pyridine rings is 1. The molecule has 0 aliphatic carbocycles. The quantitative estimate of drug-likeness (QED) is 0.903. The van der Waals surface area contributed by atoms with E-state index in [0.717, 1.165) is 10.3 Å². The van der Waals surface area contributed by atoms with Gasteiger partial charge in [-0.2, -0.15) is 0 Å². The van der Waals surface area contributed by atoms with Crippen LogP contribution in [0.5, 0.6) is 0 Å². The molecule has 0 aliphatic heterocycles. The summed E-state index contributed by atoms with van der Waals surface area (Å²) in [5.41, 5.74) is 2.28. The van der Waals surface area contributed by atoms with Gasteiger partial charge in [-0.15, -0.1) is 0 Å². The summed E-state index contributed by atoms with van der Waals surface area (Å²) in [6.07, 6.45) is 1.83. The molecular weight excluding hydrogens is 288 g/mol. The SMILES string of the molecule is Cc1cc(NC(C)(C)c2ccccc2)ncc1Br. The number of aryl methyl sites for hydroxylation is 1. The third-order valence-electron chi connectivity index (χ3n) is 2.98. The first-order valence-electron chi connectivity index (χ1n) is 5.95. The largest absolute Gasteiger partial charge is 0.361 e. The van der Waals surface area contributed by atoms with Crippen molar-refractivity contribution in [3.8, 4) is 0 Å². The fraction of sp³-hybridized carbons (Fsp3) is 0.267. The number of anilines is 1. The van der Waals surface area contributed by atoms with Crippen molar-refractivity contribution in [3.05, 3.63) is 58.2 Å². The van der Waals surface area contributed by atoms with Crippen LogP contribution in [0.15, 0.2) is 47.1 Å². The maximum absolute atomic E-state index is 4.39. The monoisotopic (exact) mass is 304 g/mol. The molecule has 2 rings (SSSR count). The molecule has 0 unspecified atom stereocenters. The van der Waals surface area contributed by atoms with E-state index in [0.29, 0.717) is 0 Å². The summed E-state index contributed by atoms with van der Waals surface area (Å²) >= 11 is 3.46. The molecule has 0 fully saturated rings. The highest BCUT2D eigenvalue weighted by molar-refractivity contribution is 9.10. The molecule has 2 aromatic rings. The van der Waals surface area contributed by atoms with Gasteiger partial charge in [-0.1, -0.05) is 30.3 Å². The molecule has 94 valence electrons. The Labute approximate surface area is 117 Å². The molecule has 3 heteroatoms. The van der Waals surface area contributed by atoms with Gasteiger partial charge in [-0.05, 0) is 53.9 Å². The van der Waals surface area contributed by atoms with E-state index >= 15 is 0 Å². The van der Waals surface area contributed by atoms with E-state index in [1.54, 1.807) is 0 Å². The molecule has 2 nitrogen and oxygen atoms in total. The summed E-state index contributed by atoms with van der Waals surface area (Å²) < 4.78 is 1.03. The van der Waals surface area contributed by atoms with Gasteiger partial charge in [0.1, 0.15) is 5.82 Å². The molecule has 1 N–H and O–H groups in total. The molecule has 1 heterocycles. The van der Waals surface area contributed by atoms with E-state index in [4.69, 9.17) is 0 Å². The predicted molar refractivity (Wildman–Crippen MR) is 79.8 cm³/mol. The Morgan fingerprint density at radius 2 is 1.83 bits per heavy atom. The maximum Gasteiger partial charge on any atom is 0.126 e. The van der Waals surface area contributed by atoms with Crippen LogP contribution in [-0.2, 0) is 5.54 Å². The van der Waals surface area contributed by atoms with Crippen molar-refractivity contribution < 1.29 is 0 Å². The minimum absolute atomic E-state index is 0.144. The lowest BCUT2D eigenvalue weighted by Crippen LogP contribution is -2.28. The van der Waals surface area contributed by atoms with Crippen LogP contribution in [0.4, 0.5) is 5.82 Å². The third-order valence-corrected chi connectivity index (χ3v) is 3.81. The van der Waals surface area contributed by atoms with Crippen LogP contribution in [0.3, 0.4) is 0 Å². The number of aromatic nitrogens is 1. The van der Waals surface area contributed by atoms with E-state index in [1.165, 1.54) is 11.1 Å². The topological polar surface area (TPSA) is 24.9 Å². The second kappa shape index (κ2) is 5.11. The number of hydrogen-bond donors (Lipinski definition) is 1. The second-order valence-electron chi connectivity index (χ2n) is 4.93. The summed E-state index contributed by atoms with van der Waals surface area (Å²) in [5, 5.41) is 3.47. The van der Waals surface area contributed by atoms with Crippen LogP contribution in [0.1, 0.15) is 25.0 Å². The molecule has 1 aromatic heterocycles. The van der Waals surface area contributed by atoms with Crippen LogP contribution in [0.25, 0.3) is 0 Å². The van der Waals surface area contributed by atoms with Crippen molar-refractivity contribution in [2.24, 2.45) is 0 Å². The molecule has 0 amide bonds. The zero-order valence-corrected chi connectivity index (χ0v) is 12.5. The van der Waals surface area contributed by atoms with E-state index in [2.05, 4.69) is 77.3 Å². The van der Waals surface area contributed by atoms with Crippen LogP contribution in [0, 0.1) is 6.92 Å². The van der Waals surface area contributed by atoms with Crippen molar-refractivity contribution in [1.29, 1.82) is 0 Å². The van der Waals surface area contributed by atoms with Gasteiger partial charge in [0.25, 0.3) is 0 Å². The first kappa shape index (κ1) is 13.1. The van der Waals surface area contributed by atoms with E-state index in [1.807, 2.05) is 12.3 Å². The average Bonchev–Trinajstić information content (AvgIpc) is 2.35. The van der Waals surface area contributed by atoms with Crippen LogP contribution in [0.2, 0.25) is 0 Å². The first-order chi connectivity index (χ1) is 8.49. The number of hydrogen-bond acceptors (Lipinski definition) is 2. The van der Waals surface area contributed by atoms with Gasteiger partial charge in [0.2, 0.25) is 0 Å². The molecule has 0 atom stereocenters. The number of nitrogens with one attached hydrogen (secondary N) is 1. The Morgan fingerprint density at radius 1 is 1.17 bits per heavy atom. The van der Waals surface area contributed by atoms with Crippen molar-refractivity contribution in [2.45, 2.75) is 26.3 Å². The lowest BCUT2D eigenvalue weighted by atomic mass is 9.94. The van der Waals surface area contributed by atoms with Gasteiger partial charge in [-0.25, -0.2) is 4.98 Å². The summed E-state index contributed by atoms with van der Waals surface area (Å²) in [6, 6.07) is 12.4. The molecule has 0 bridgehead atoms. The van der Waals surface area contributed by atoms with Gasteiger partial charge < -0.3 is 5.32 Å². The van der Waals surface area contributed by atoms with E-state index in [-0.39, 0.29) is 5.54 Å². The third kappa shape index (κ3) is 2.91. The smallest absolute Gasteiger partial charge is 0.126 e. The highest BCUT2D eigenvalue weighted by Gasteiger charge is 2.20. The molecule has 1 aromatic carbocycles. The Kier molecular flexibility index (Phi) is 3.71. The Bertz CT molecular complexity index is 535. The van der Waals surface area contributed by atoms with Gasteiger partial charge in [0, 0.05) is 10.7 Å². The molecule has 0 saturated heterocycles. The number of halogens is 1. The second-order valence-corrected chi connectivity index (χ2v) is 5.79. The fourth-order valence-electron chi connectivity index (χ4n) is 1.85. The van der Waals surface area contributed by atoms with Gasteiger partial charge in [-0.3, -0.25) is 0 Å². The standard InChI is InChI=1S/C15H17BrN2/c1-11-9-14(17-10-13(11)16)18-15(2,3)12-7-5-4-6-8-12/h4-10H,1-3H3,(H,17,18). The molecular formula is C15H17BrN2. The number of rotatable bonds is 3. The van der Waals surface area contributed by atoms with Gasteiger partial charge in [0.05, 0.1) is 5.54 Å². The molecule has 0 aliphatic rings. The van der Waals surface area contributed by atoms with E-state index < -0.39 is 0 Å². The van der Waals surface area contributed by atoms with Crippen LogP contribution in [-0.4, -0.2) is 4.98 Å². The molecule has 18 heavy (non-hydrogen) atoms. The Morgan fingerprint density at radius 3 is 2.44 bits per heavy atom. The number of benzene rings is 1. The van der Waals surface area contributed by atoms with Gasteiger partial charge in [0.15, 0.2) is 0 Å². The fourth-order valence-corrected chi connectivity index (χ4v) is 2.07. The molecule has 0 saturated carbocycles. The maximum atomic E-state index is 4.39. The minimum atomic E-state index is -0.144.